The summed E-state index contributed by atoms with van der Waals surface area (Å²) in [5.74, 6) is 0.756. The van der Waals surface area contributed by atoms with Crippen molar-refractivity contribution in [1.29, 1.82) is 5.26 Å². The van der Waals surface area contributed by atoms with E-state index in [9.17, 15) is 4.79 Å². The highest BCUT2D eigenvalue weighted by atomic mass is 32.2. The van der Waals surface area contributed by atoms with Crippen LogP contribution < -0.4 is 14.8 Å². The van der Waals surface area contributed by atoms with E-state index in [1.54, 1.807) is 17.8 Å². The second-order valence-corrected chi connectivity index (χ2v) is 5.49. The number of rotatable bonds is 6. The molecule has 1 heterocycles. The van der Waals surface area contributed by atoms with Gasteiger partial charge in [-0.15, -0.1) is 11.8 Å². The van der Waals surface area contributed by atoms with Gasteiger partial charge in [0.2, 0.25) is 0 Å². The Morgan fingerprint density at radius 1 is 1.52 bits per heavy atom. The third-order valence-electron chi connectivity index (χ3n) is 2.94. The molecule has 0 aliphatic carbocycles. The van der Waals surface area contributed by atoms with Crippen LogP contribution in [0.4, 0.5) is 0 Å². The molecule has 21 heavy (non-hydrogen) atoms. The summed E-state index contributed by atoms with van der Waals surface area (Å²) >= 11 is 1.54. The van der Waals surface area contributed by atoms with E-state index in [1.807, 2.05) is 25.1 Å². The standard InChI is InChI=1S/C14H16N2O4S/c1-2-19-12-7-9(3-4-11(12)20-6-5-15)13-16-10(8-21-13)14(17)18/h3-4,7,10,13,16H,2,6,8H2,1H3,(H,17,18)/t10-,13+/m1/s1. The summed E-state index contributed by atoms with van der Waals surface area (Å²) in [6.45, 7) is 2.30. The Bertz CT molecular complexity index is 558. The summed E-state index contributed by atoms with van der Waals surface area (Å²) in [6, 6.07) is 6.80. The summed E-state index contributed by atoms with van der Waals surface area (Å²) in [7, 11) is 0. The molecule has 0 aromatic heterocycles. The minimum Gasteiger partial charge on any atom is -0.490 e. The fourth-order valence-electron chi connectivity index (χ4n) is 1.99. The highest BCUT2D eigenvalue weighted by Crippen LogP contribution is 2.37. The van der Waals surface area contributed by atoms with Crippen LogP contribution in [0.3, 0.4) is 0 Å². The van der Waals surface area contributed by atoms with Crippen molar-refractivity contribution in [2.75, 3.05) is 19.0 Å². The zero-order valence-electron chi connectivity index (χ0n) is 11.5. The van der Waals surface area contributed by atoms with Gasteiger partial charge in [0.1, 0.15) is 12.1 Å². The number of carboxylic acid groups (broad SMARTS) is 1. The zero-order valence-corrected chi connectivity index (χ0v) is 12.4. The summed E-state index contributed by atoms with van der Waals surface area (Å²) in [5.41, 5.74) is 0.927. The topological polar surface area (TPSA) is 91.6 Å². The number of ether oxygens (including phenoxy) is 2. The largest absolute Gasteiger partial charge is 0.490 e. The maximum absolute atomic E-state index is 11.0. The Morgan fingerprint density at radius 2 is 2.33 bits per heavy atom. The van der Waals surface area contributed by atoms with E-state index < -0.39 is 12.0 Å². The van der Waals surface area contributed by atoms with E-state index in [0.717, 1.165) is 5.56 Å². The van der Waals surface area contributed by atoms with E-state index in [1.165, 1.54) is 0 Å². The molecule has 0 spiro atoms. The molecule has 1 aromatic carbocycles. The average molecular weight is 308 g/mol. The number of carbonyl (C=O) groups is 1. The predicted molar refractivity (Wildman–Crippen MR) is 78.5 cm³/mol. The Balaban J connectivity index is 2.16. The second kappa shape index (κ2) is 7.20. The third-order valence-corrected chi connectivity index (χ3v) is 4.21. The number of hydrogen-bond acceptors (Lipinski definition) is 6. The first-order valence-corrected chi connectivity index (χ1v) is 7.57. The molecule has 112 valence electrons. The maximum Gasteiger partial charge on any atom is 0.321 e. The Labute approximate surface area is 127 Å². The van der Waals surface area contributed by atoms with Crippen LogP contribution in [0.25, 0.3) is 0 Å². The molecule has 0 unspecified atom stereocenters. The van der Waals surface area contributed by atoms with Crippen molar-refractivity contribution < 1.29 is 19.4 Å². The third kappa shape index (κ3) is 3.80. The Hall–Kier alpha value is -1.91. The van der Waals surface area contributed by atoms with Gasteiger partial charge in [-0.2, -0.15) is 5.26 Å². The SMILES string of the molecule is CCOc1cc([C@H]2N[C@@H](C(=O)O)CS2)ccc1OCC#N. The fourth-order valence-corrected chi connectivity index (χ4v) is 3.21. The summed E-state index contributed by atoms with van der Waals surface area (Å²) in [5, 5.41) is 20.5. The number of nitrogens with one attached hydrogen (secondary N) is 1. The summed E-state index contributed by atoms with van der Waals surface area (Å²) < 4.78 is 10.8. The molecular weight excluding hydrogens is 292 g/mol. The predicted octanol–water partition coefficient (Wildman–Crippen LogP) is 1.78. The van der Waals surface area contributed by atoms with Crippen molar-refractivity contribution >= 4 is 17.7 Å². The second-order valence-electron chi connectivity index (χ2n) is 4.36. The highest BCUT2D eigenvalue weighted by molar-refractivity contribution is 7.99. The number of hydrogen-bond donors (Lipinski definition) is 2. The molecule has 0 amide bonds. The van der Waals surface area contributed by atoms with Gasteiger partial charge in [0, 0.05) is 5.75 Å². The van der Waals surface area contributed by atoms with Crippen LogP contribution in [-0.2, 0) is 4.79 Å². The van der Waals surface area contributed by atoms with Gasteiger partial charge in [-0.25, -0.2) is 0 Å². The maximum atomic E-state index is 11.0. The van der Waals surface area contributed by atoms with Crippen molar-refractivity contribution in [2.24, 2.45) is 0 Å². The first-order valence-electron chi connectivity index (χ1n) is 6.52. The van der Waals surface area contributed by atoms with E-state index in [2.05, 4.69) is 5.32 Å². The Kier molecular flexibility index (Phi) is 5.31. The molecule has 1 aliphatic rings. The summed E-state index contributed by atoms with van der Waals surface area (Å²) in [4.78, 5) is 11.0. The van der Waals surface area contributed by atoms with Gasteiger partial charge in [0.15, 0.2) is 18.1 Å². The van der Waals surface area contributed by atoms with Crippen LogP contribution in [0.15, 0.2) is 18.2 Å². The van der Waals surface area contributed by atoms with Crippen molar-refractivity contribution in [2.45, 2.75) is 18.3 Å². The van der Waals surface area contributed by atoms with Crippen LogP contribution in [0.1, 0.15) is 17.9 Å². The molecule has 2 N–H and O–H groups in total. The van der Waals surface area contributed by atoms with Gasteiger partial charge >= 0.3 is 5.97 Å². The van der Waals surface area contributed by atoms with Crippen LogP contribution in [0, 0.1) is 11.3 Å². The number of aliphatic carboxylic acids is 1. The van der Waals surface area contributed by atoms with Crippen molar-refractivity contribution in [3.05, 3.63) is 23.8 Å². The molecule has 0 bridgehead atoms. The number of thioether (sulfide) groups is 1. The van der Waals surface area contributed by atoms with Crippen molar-refractivity contribution in [3.63, 3.8) is 0 Å². The molecule has 2 atom stereocenters. The number of nitrogens with zero attached hydrogens (tertiary/aromatic N) is 1. The monoisotopic (exact) mass is 308 g/mol. The normalized spacial score (nSPS) is 20.8. The van der Waals surface area contributed by atoms with E-state index in [4.69, 9.17) is 19.8 Å². The van der Waals surface area contributed by atoms with Gasteiger partial charge in [-0.05, 0) is 24.6 Å². The van der Waals surface area contributed by atoms with Gasteiger partial charge < -0.3 is 14.6 Å². The lowest BCUT2D eigenvalue weighted by Crippen LogP contribution is -2.33. The van der Waals surface area contributed by atoms with Gasteiger partial charge in [-0.1, -0.05) is 6.07 Å². The van der Waals surface area contributed by atoms with Gasteiger partial charge in [0.25, 0.3) is 0 Å². The number of benzene rings is 1. The van der Waals surface area contributed by atoms with Crippen molar-refractivity contribution in [1.82, 2.24) is 5.32 Å². The lowest BCUT2D eigenvalue weighted by atomic mass is 10.2. The van der Waals surface area contributed by atoms with Crippen LogP contribution >= 0.6 is 11.8 Å². The lowest BCUT2D eigenvalue weighted by Gasteiger charge is -2.15. The van der Waals surface area contributed by atoms with E-state index in [0.29, 0.717) is 23.9 Å². The first-order chi connectivity index (χ1) is 10.2. The molecule has 2 rings (SSSR count). The minimum atomic E-state index is -0.844. The molecule has 0 saturated carbocycles. The molecule has 0 radical (unpaired) electrons. The van der Waals surface area contributed by atoms with Gasteiger partial charge in [-0.3, -0.25) is 10.1 Å². The molecular formula is C14H16N2O4S. The van der Waals surface area contributed by atoms with Crippen LogP contribution in [0.5, 0.6) is 11.5 Å². The summed E-state index contributed by atoms with van der Waals surface area (Å²) in [6.07, 6.45) is 0. The first kappa shape index (κ1) is 15.5. The van der Waals surface area contributed by atoms with Crippen molar-refractivity contribution in [3.8, 4) is 17.6 Å². The van der Waals surface area contributed by atoms with E-state index >= 15 is 0 Å². The van der Waals surface area contributed by atoms with Crippen LogP contribution in [-0.4, -0.2) is 36.1 Å². The molecule has 1 fully saturated rings. The quantitative estimate of drug-likeness (QED) is 0.827. The lowest BCUT2D eigenvalue weighted by molar-refractivity contribution is -0.138. The van der Waals surface area contributed by atoms with Gasteiger partial charge in [0.05, 0.1) is 12.0 Å². The molecule has 1 saturated heterocycles. The van der Waals surface area contributed by atoms with Crippen LogP contribution in [0.2, 0.25) is 0 Å². The Morgan fingerprint density at radius 3 is 2.95 bits per heavy atom. The highest BCUT2D eigenvalue weighted by Gasteiger charge is 2.30. The number of carboxylic acids is 1. The molecule has 6 nitrogen and oxygen atoms in total. The average Bonchev–Trinajstić information content (AvgIpc) is 2.96. The van der Waals surface area contributed by atoms with E-state index in [-0.39, 0.29) is 12.0 Å². The smallest absolute Gasteiger partial charge is 0.321 e. The fraction of sp³-hybridized carbons (Fsp3) is 0.429. The molecule has 1 aromatic rings. The minimum absolute atomic E-state index is 0.0447. The molecule has 1 aliphatic heterocycles. The number of nitriles is 1. The zero-order chi connectivity index (χ0) is 15.2. The molecule has 7 heteroatoms.